The number of carboxylic acids is 2. The van der Waals surface area contributed by atoms with Gasteiger partial charge in [0.1, 0.15) is 0 Å². The summed E-state index contributed by atoms with van der Waals surface area (Å²) in [5.41, 5.74) is 0. The monoisotopic (exact) mass is 220 g/mol. The van der Waals surface area contributed by atoms with Crippen molar-refractivity contribution in [1.29, 1.82) is 0 Å². The first-order valence-electron chi connectivity index (χ1n) is 4.60. The molecule has 4 nitrogen and oxygen atoms in total. The van der Waals surface area contributed by atoms with Gasteiger partial charge in [-0.25, -0.2) is 0 Å². The average Bonchev–Trinajstić information content (AvgIpc) is 2.09. The number of aliphatic carboxylic acids is 2. The number of carboxylic acid groups (broad SMARTS) is 2. The van der Waals surface area contributed by atoms with Gasteiger partial charge < -0.3 is 10.2 Å². The largest absolute Gasteiger partial charge is 0.481 e. The Morgan fingerprint density at radius 3 is 2.36 bits per heavy atom. The number of carbonyl (C=O) groups is 2. The maximum Gasteiger partial charge on any atom is 0.316 e. The summed E-state index contributed by atoms with van der Waals surface area (Å²) in [5, 5.41) is 16.5. The van der Waals surface area contributed by atoms with Gasteiger partial charge >= 0.3 is 11.9 Å². The third-order valence-electron chi connectivity index (χ3n) is 1.75. The summed E-state index contributed by atoms with van der Waals surface area (Å²) in [7, 11) is 0. The zero-order chi connectivity index (χ0) is 11.0. The van der Waals surface area contributed by atoms with E-state index in [9.17, 15) is 9.59 Å². The molecule has 0 radical (unpaired) electrons. The summed E-state index contributed by atoms with van der Waals surface area (Å²) >= 11 is 1.40. The topological polar surface area (TPSA) is 74.6 Å². The third kappa shape index (κ3) is 7.91. The molecule has 0 aromatic carbocycles. The first-order valence-corrected chi connectivity index (χ1v) is 5.65. The molecule has 0 spiro atoms. The Bertz CT molecular complexity index is 193. The molecule has 0 bridgehead atoms. The van der Waals surface area contributed by atoms with Crippen molar-refractivity contribution < 1.29 is 19.8 Å². The first kappa shape index (κ1) is 13.3. The van der Waals surface area contributed by atoms with Crippen LogP contribution in [0, 0.1) is 0 Å². The molecular weight excluding hydrogens is 204 g/mol. The Morgan fingerprint density at radius 1 is 1.21 bits per heavy atom. The molecule has 0 aliphatic rings. The predicted octanol–water partition coefficient (Wildman–Crippen LogP) is 1.84. The molecular formula is C9H16O4S. The number of unbranched alkanes of at least 4 members (excludes halogenated alkanes) is 2. The molecule has 0 saturated heterocycles. The predicted molar refractivity (Wildman–Crippen MR) is 55.7 cm³/mol. The molecule has 5 heteroatoms. The molecule has 0 saturated carbocycles. The Labute approximate surface area is 87.7 Å². The van der Waals surface area contributed by atoms with Crippen molar-refractivity contribution in [3.05, 3.63) is 0 Å². The maximum absolute atomic E-state index is 10.4. The van der Waals surface area contributed by atoms with Crippen molar-refractivity contribution in [2.75, 3.05) is 5.75 Å². The Morgan fingerprint density at radius 2 is 1.86 bits per heavy atom. The van der Waals surface area contributed by atoms with Crippen LogP contribution in [0.3, 0.4) is 0 Å². The summed E-state index contributed by atoms with van der Waals surface area (Å²) < 4.78 is 0. The van der Waals surface area contributed by atoms with Gasteiger partial charge in [-0.3, -0.25) is 9.59 Å². The van der Waals surface area contributed by atoms with Crippen molar-refractivity contribution in [3.63, 3.8) is 0 Å². The molecule has 1 atom stereocenters. The van der Waals surface area contributed by atoms with Gasteiger partial charge in [0.2, 0.25) is 0 Å². The normalized spacial score (nSPS) is 12.4. The molecule has 14 heavy (non-hydrogen) atoms. The highest BCUT2D eigenvalue weighted by molar-refractivity contribution is 8.00. The van der Waals surface area contributed by atoms with E-state index < -0.39 is 11.9 Å². The zero-order valence-corrected chi connectivity index (χ0v) is 9.05. The van der Waals surface area contributed by atoms with Crippen LogP contribution in [0.1, 0.15) is 32.6 Å². The smallest absolute Gasteiger partial charge is 0.316 e. The molecule has 1 unspecified atom stereocenters. The molecule has 0 rings (SSSR count). The molecule has 0 aromatic rings. The summed E-state index contributed by atoms with van der Waals surface area (Å²) in [6, 6.07) is 0. The van der Waals surface area contributed by atoms with E-state index in [0.717, 1.165) is 18.6 Å². The van der Waals surface area contributed by atoms with E-state index in [4.69, 9.17) is 10.2 Å². The molecule has 2 N–H and O–H groups in total. The van der Waals surface area contributed by atoms with Crippen LogP contribution in [0.25, 0.3) is 0 Å². The van der Waals surface area contributed by atoms with Crippen molar-refractivity contribution in [2.45, 2.75) is 37.9 Å². The highest BCUT2D eigenvalue weighted by Gasteiger charge is 2.09. The number of hydrogen-bond donors (Lipinski definition) is 2. The molecule has 0 aliphatic carbocycles. The quantitative estimate of drug-likeness (QED) is 0.610. The Balaban J connectivity index is 3.21. The molecule has 0 aromatic heterocycles. The van der Waals surface area contributed by atoms with Gasteiger partial charge in [-0.2, -0.15) is 0 Å². The number of hydrogen-bond acceptors (Lipinski definition) is 3. The number of rotatable bonds is 8. The van der Waals surface area contributed by atoms with Gasteiger partial charge in [-0.1, -0.05) is 6.42 Å². The van der Waals surface area contributed by atoms with Crippen LogP contribution in [0.4, 0.5) is 0 Å². The summed E-state index contributed by atoms with van der Waals surface area (Å²) in [6.07, 6.45) is 2.62. The van der Waals surface area contributed by atoms with Crippen LogP contribution < -0.4 is 0 Å². The fourth-order valence-electron chi connectivity index (χ4n) is 0.886. The van der Waals surface area contributed by atoms with Crippen LogP contribution in [-0.4, -0.2) is 33.2 Å². The molecule has 0 aliphatic heterocycles. The lowest BCUT2D eigenvalue weighted by atomic mass is 10.2. The minimum Gasteiger partial charge on any atom is -0.481 e. The summed E-state index contributed by atoms with van der Waals surface area (Å²) in [4.78, 5) is 20.6. The van der Waals surface area contributed by atoms with Crippen molar-refractivity contribution in [1.82, 2.24) is 0 Å². The van der Waals surface area contributed by atoms with E-state index in [1.807, 2.05) is 0 Å². The standard InChI is InChI=1S/C9H16O4S/c1-7(9(12)13)14-6-4-2-3-5-8(10)11/h7H,2-6H2,1H3,(H,10,11)(H,12,13). The first-order chi connectivity index (χ1) is 6.54. The molecule has 82 valence electrons. The molecule has 0 heterocycles. The van der Waals surface area contributed by atoms with Crippen LogP contribution >= 0.6 is 11.8 Å². The second-order valence-electron chi connectivity index (χ2n) is 3.06. The van der Waals surface area contributed by atoms with E-state index in [0.29, 0.717) is 6.42 Å². The van der Waals surface area contributed by atoms with Gasteiger partial charge in [0, 0.05) is 6.42 Å². The van der Waals surface area contributed by atoms with Gasteiger partial charge in [-0.05, 0) is 25.5 Å². The van der Waals surface area contributed by atoms with Gasteiger partial charge in [-0.15, -0.1) is 11.8 Å². The second kappa shape index (κ2) is 7.67. The van der Waals surface area contributed by atoms with Gasteiger partial charge in [0.25, 0.3) is 0 Å². The average molecular weight is 220 g/mol. The van der Waals surface area contributed by atoms with E-state index in [2.05, 4.69) is 0 Å². The van der Waals surface area contributed by atoms with Crippen LogP contribution in [0.2, 0.25) is 0 Å². The van der Waals surface area contributed by atoms with E-state index in [1.54, 1.807) is 6.92 Å². The fraction of sp³-hybridized carbons (Fsp3) is 0.778. The van der Waals surface area contributed by atoms with E-state index in [-0.39, 0.29) is 11.7 Å². The molecule has 0 amide bonds. The maximum atomic E-state index is 10.4. The van der Waals surface area contributed by atoms with E-state index >= 15 is 0 Å². The van der Waals surface area contributed by atoms with E-state index in [1.165, 1.54) is 11.8 Å². The fourth-order valence-corrected chi connectivity index (χ4v) is 1.75. The van der Waals surface area contributed by atoms with Crippen molar-refractivity contribution in [2.24, 2.45) is 0 Å². The van der Waals surface area contributed by atoms with Crippen LogP contribution in [-0.2, 0) is 9.59 Å². The second-order valence-corrected chi connectivity index (χ2v) is 4.50. The summed E-state index contributed by atoms with van der Waals surface area (Å²) in [6.45, 7) is 1.66. The SMILES string of the molecule is CC(SCCCCCC(=O)O)C(=O)O. The minimum atomic E-state index is -0.791. The Kier molecular flexibility index (Phi) is 7.28. The zero-order valence-electron chi connectivity index (χ0n) is 8.23. The third-order valence-corrected chi connectivity index (χ3v) is 2.98. The van der Waals surface area contributed by atoms with Crippen LogP contribution in [0.5, 0.6) is 0 Å². The lowest BCUT2D eigenvalue weighted by Gasteiger charge is -2.04. The summed E-state index contributed by atoms with van der Waals surface area (Å²) in [5.74, 6) is -0.773. The minimum absolute atomic E-state index is 0.207. The highest BCUT2D eigenvalue weighted by Crippen LogP contribution is 2.13. The number of thioether (sulfide) groups is 1. The van der Waals surface area contributed by atoms with Crippen molar-refractivity contribution >= 4 is 23.7 Å². The lowest BCUT2D eigenvalue weighted by Crippen LogP contribution is -2.11. The highest BCUT2D eigenvalue weighted by atomic mass is 32.2. The van der Waals surface area contributed by atoms with Crippen molar-refractivity contribution in [3.8, 4) is 0 Å². The lowest BCUT2D eigenvalue weighted by molar-refractivity contribution is -0.137. The molecule has 0 fully saturated rings. The van der Waals surface area contributed by atoms with Gasteiger partial charge in [0.15, 0.2) is 0 Å². The van der Waals surface area contributed by atoms with Crippen LogP contribution in [0.15, 0.2) is 0 Å². The Hall–Kier alpha value is -0.710. The van der Waals surface area contributed by atoms with Gasteiger partial charge in [0.05, 0.1) is 5.25 Å².